The predicted molar refractivity (Wildman–Crippen MR) is 104 cm³/mol. The molecule has 2 aromatic heterocycles. The summed E-state index contributed by atoms with van der Waals surface area (Å²) in [6.45, 7) is 6.51. The van der Waals surface area contributed by atoms with Crippen molar-refractivity contribution in [1.29, 1.82) is 0 Å². The van der Waals surface area contributed by atoms with E-state index in [9.17, 15) is 29.4 Å². The Kier molecular flexibility index (Phi) is 5.70. The van der Waals surface area contributed by atoms with Gasteiger partial charge < -0.3 is 19.0 Å². The highest BCUT2D eigenvalue weighted by Crippen LogP contribution is 2.36. The van der Waals surface area contributed by atoms with E-state index >= 15 is 0 Å². The van der Waals surface area contributed by atoms with Gasteiger partial charge >= 0.3 is 0 Å². The van der Waals surface area contributed by atoms with Gasteiger partial charge in [-0.05, 0) is 25.7 Å². The number of carbonyl (C=O) groups excluding carboxylic acids is 4. The van der Waals surface area contributed by atoms with Gasteiger partial charge in [-0.1, -0.05) is 13.8 Å². The van der Waals surface area contributed by atoms with Gasteiger partial charge in [-0.15, -0.1) is 0 Å². The van der Waals surface area contributed by atoms with Crippen LogP contribution in [0.1, 0.15) is 93.5 Å². The molecule has 2 aromatic rings. The van der Waals surface area contributed by atoms with Crippen LogP contribution in [0.3, 0.4) is 0 Å². The number of Topliss-reactive ketones (excluding diaryl/α,β-unsaturated/α-hetero) is 4. The molecule has 0 amide bonds. The van der Waals surface area contributed by atoms with E-state index < -0.39 is 11.9 Å². The number of fused-ring (bicyclic) bond motifs is 2. The molecule has 0 aromatic carbocycles. The van der Waals surface area contributed by atoms with Crippen molar-refractivity contribution in [2.75, 3.05) is 0 Å². The maximum absolute atomic E-state index is 11.7. The minimum absolute atomic E-state index is 0.0434. The molecule has 0 saturated heterocycles. The molecular weight excluding hydrogens is 392 g/mol. The molecule has 8 nitrogen and oxygen atoms in total. The van der Waals surface area contributed by atoms with E-state index in [0.717, 1.165) is 0 Å². The second-order valence-electron chi connectivity index (χ2n) is 8.15. The van der Waals surface area contributed by atoms with Crippen molar-refractivity contribution in [3.63, 3.8) is 0 Å². The average Bonchev–Trinajstić information content (AvgIpc) is 3.11. The van der Waals surface area contributed by atoms with Gasteiger partial charge in [0.1, 0.15) is 22.6 Å². The van der Waals surface area contributed by atoms with Crippen LogP contribution in [0.4, 0.5) is 0 Å². The third kappa shape index (κ3) is 3.81. The van der Waals surface area contributed by atoms with Crippen molar-refractivity contribution in [3.8, 4) is 11.9 Å². The number of ketones is 4. The number of hydrogen-bond donors (Lipinski definition) is 2. The van der Waals surface area contributed by atoms with Gasteiger partial charge in [-0.3, -0.25) is 19.2 Å². The van der Waals surface area contributed by atoms with E-state index in [-0.39, 0.29) is 57.2 Å². The lowest BCUT2D eigenvalue weighted by atomic mass is 9.86. The summed E-state index contributed by atoms with van der Waals surface area (Å²) in [5, 5.41) is 18.9. The zero-order valence-corrected chi connectivity index (χ0v) is 17.3. The number of carbonyl (C=O) groups is 4. The Hall–Kier alpha value is -3.16. The van der Waals surface area contributed by atoms with E-state index in [1.165, 1.54) is 13.8 Å². The first-order valence-electron chi connectivity index (χ1n) is 9.78. The number of hydrogen-bond acceptors (Lipinski definition) is 8. The number of aromatic hydroxyl groups is 2. The summed E-state index contributed by atoms with van der Waals surface area (Å²) in [6.07, 6.45) is 2.02. The summed E-state index contributed by atoms with van der Waals surface area (Å²) < 4.78 is 10.1. The molecule has 8 heteroatoms. The summed E-state index contributed by atoms with van der Waals surface area (Å²) in [4.78, 5) is 45.9. The first-order valence-corrected chi connectivity index (χ1v) is 9.78. The molecule has 2 aliphatic carbocycles. The summed E-state index contributed by atoms with van der Waals surface area (Å²) >= 11 is 0. The van der Waals surface area contributed by atoms with Crippen LogP contribution in [0.25, 0.3) is 0 Å². The molecule has 0 bridgehead atoms. The lowest BCUT2D eigenvalue weighted by molar-refractivity contribution is 0.0932. The number of furan rings is 2. The van der Waals surface area contributed by atoms with Crippen molar-refractivity contribution in [3.05, 3.63) is 33.8 Å². The molecule has 2 aliphatic rings. The standard InChI is InChI=1S/2C11H12O4/c2*1-5-3-7(13)10-8(4-5)15-11(14)9(10)6(2)12/h2*5,14H,3-4H2,1-2H3/t2*5-/m10/s1. The molecule has 0 unspecified atom stereocenters. The molecule has 2 atom stereocenters. The van der Waals surface area contributed by atoms with Crippen LogP contribution in [0.15, 0.2) is 8.83 Å². The maximum atomic E-state index is 11.7. The van der Waals surface area contributed by atoms with Gasteiger partial charge in [-0.2, -0.15) is 0 Å². The Morgan fingerprint density at radius 2 is 1.07 bits per heavy atom. The lowest BCUT2D eigenvalue weighted by Gasteiger charge is -2.15. The third-order valence-electron chi connectivity index (χ3n) is 5.32. The predicted octanol–water partition coefficient (Wildman–Crippen LogP) is 3.91. The first-order chi connectivity index (χ1) is 14.0. The molecule has 160 valence electrons. The SMILES string of the molecule is CC(=O)c1c(O)oc2c1C(=O)C[C@@H](C)C2.CC(=O)c1c(O)oc2c1C(=O)C[C@H](C)C2. The second kappa shape index (κ2) is 7.93. The monoisotopic (exact) mass is 416 g/mol. The van der Waals surface area contributed by atoms with Crippen LogP contribution in [0, 0.1) is 11.8 Å². The van der Waals surface area contributed by atoms with E-state index in [0.29, 0.717) is 37.2 Å². The summed E-state index contributed by atoms with van der Waals surface area (Å²) in [5.74, 6) is -0.435. The van der Waals surface area contributed by atoms with Gasteiger partial charge in [0.2, 0.25) is 0 Å². The van der Waals surface area contributed by atoms with Crippen molar-refractivity contribution in [2.45, 2.75) is 53.4 Å². The Labute approximate surface area is 172 Å². The highest BCUT2D eigenvalue weighted by Gasteiger charge is 2.34. The smallest absolute Gasteiger partial charge is 0.294 e. The van der Waals surface area contributed by atoms with Crippen LogP contribution in [-0.4, -0.2) is 33.3 Å². The topological polar surface area (TPSA) is 135 Å². The fourth-order valence-corrected chi connectivity index (χ4v) is 4.08. The zero-order valence-electron chi connectivity index (χ0n) is 17.3. The molecule has 4 rings (SSSR count). The van der Waals surface area contributed by atoms with Crippen LogP contribution in [0.5, 0.6) is 11.9 Å². The van der Waals surface area contributed by atoms with Gasteiger partial charge in [-0.25, -0.2) is 0 Å². The Morgan fingerprint density at radius 1 is 0.733 bits per heavy atom. The lowest BCUT2D eigenvalue weighted by Crippen LogP contribution is -2.18. The Morgan fingerprint density at radius 3 is 1.37 bits per heavy atom. The van der Waals surface area contributed by atoms with Crippen LogP contribution < -0.4 is 0 Å². The normalized spacial score (nSPS) is 20.1. The summed E-state index contributed by atoms with van der Waals surface area (Å²) in [6, 6.07) is 0. The molecule has 2 N–H and O–H groups in total. The van der Waals surface area contributed by atoms with Crippen molar-refractivity contribution >= 4 is 23.1 Å². The molecule has 0 fully saturated rings. The fraction of sp³-hybridized carbons (Fsp3) is 0.455. The van der Waals surface area contributed by atoms with Gasteiger partial charge in [0, 0.05) is 25.7 Å². The quantitative estimate of drug-likeness (QED) is 0.704. The molecule has 0 radical (unpaired) electrons. The molecule has 2 heterocycles. The van der Waals surface area contributed by atoms with Gasteiger partial charge in [0.15, 0.2) is 23.1 Å². The zero-order chi connectivity index (χ0) is 22.3. The fourth-order valence-electron chi connectivity index (χ4n) is 4.08. The number of rotatable bonds is 2. The minimum Gasteiger partial charge on any atom is -0.480 e. The van der Waals surface area contributed by atoms with Crippen molar-refractivity contribution < 1.29 is 38.2 Å². The van der Waals surface area contributed by atoms with Crippen LogP contribution in [0.2, 0.25) is 0 Å². The maximum Gasteiger partial charge on any atom is 0.294 e. The van der Waals surface area contributed by atoms with Crippen molar-refractivity contribution in [2.24, 2.45) is 11.8 Å². The summed E-state index contributed by atoms with van der Waals surface area (Å²) in [7, 11) is 0. The summed E-state index contributed by atoms with van der Waals surface area (Å²) in [5.41, 5.74) is 0.667. The van der Waals surface area contributed by atoms with Crippen molar-refractivity contribution in [1.82, 2.24) is 0 Å². The van der Waals surface area contributed by atoms with E-state index in [2.05, 4.69) is 0 Å². The molecule has 0 saturated carbocycles. The van der Waals surface area contributed by atoms with Crippen LogP contribution >= 0.6 is 0 Å². The van der Waals surface area contributed by atoms with Gasteiger partial charge in [0.05, 0.1) is 11.1 Å². The highest BCUT2D eigenvalue weighted by molar-refractivity contribution is 6.11. The second-order valence-corrected chi connectivity index (χ2v) is 8.15. The first kappa shape index (κ1) is 21.5. The molecule has 0 spiro atoms. The van der Waals surface area contributed by atoms with E-state index in [4.69, 9.17) is 8.83 Å². The molecule has 30 heavy (non-hydrogen) atoms. The minimum atomic E-state index is -0.421. The van der Waals surface area contributed by atoms with Crippen LogP contribution in [-0.2, 0) is 12.8 Å². The third-order valence-corrected chi connectivity index (χ3v) is 5.32. The Balaban J connectivity index is 0.000000171. The van der Waals surface area contributed by atoms with Gasteiger partial charge in [0.25, 0.3) is 11.9 Å². The van der Waals surface area contributed by atoms with E-state index in [1.807, 2.05) is 13.8 Å². The van der Waals surface area contributed by atoms with E-state index in [1.54, 1.807) is 0 Å². The average molecular weight is 416 g/mol. The molecular formula is C22H24O8. The largest absolute Gasteiger partial charge is 0.480 e. The Bertz CT molecular complexity index is 968. The molecule has 0 aliphatic heterocycles. The highest BCUT2D eigenvalue weighted by atomic mass is 16.5.